The molecule has 3 aromatic heterocycles. The molecule has 0 unspecified atom stereocenters. The summed E-state index contributed by atoms with van der Waals surface area (Å²) in [6, 6.07) is 6.53. The molecule has 0 aliphatic carbocycles. The maximum atomic E-state index is 6.31. The van der Waals surface area contributed by atoms with Crippen molar-refractivity contribution in [3.63, 3.8) is 0 Å². The zero-order valence-electron chi connectivity index (χ0n) is 13.4. The van der Waals surface area contributed by atoms with Crippen molar-refractivity contribution in [1.82, 2.24) is 14.5 Å². The van der Waals surface area contributed by atoms with Crippen LogP contribution in [0.5, 0.6) is 0 Å². The molecule has 0 saturated carbocycles. The van der Waals surface area contributed by atoms with Crippen molar-refractivity contribution in [3.05, 3.63) is 51.2 Å². The predicted octanol–water partition coefficient (Wildman–Crippen LogP) is 3.85. The maximum absolute atomic E-state index is 6.31. The van der Waals surface area contributed by atoms with Crippen LogP contribution in [0.25, 0.3) is 11.3 Å². The molecule has 124 valence electrons. The smallest absolute Gasteiger partial charge is 0.135 e. The fourth-order valence-electron chi connectivity index (χ4n) is 3.83. The summed E-state index contributed by atoms with van der Waals surface area (Å²) in [6.07, 6.45) is 3.09. The fraction of sp³-hybridized carbons (Fsp3) is 0.389. The minimum absolute atomic E-state index is 0.0598. The second-order valence-electron chi connectivity index (χ2n) is 6.67. The van der Waals surface area contributed by atoms with Gasteiger partial charge in [-0.2, -0.15) is 11.3 Å². The second kappa shape index (κ2) is 5.81. The van der Waals surface area contributed by atoms with E-state index in [-0.39, 0.29) is 5.60 Å². The third kappa shape index (κ3) is 2.54. The first kappa shape index (κ1) is 14.8. The SMILES string of the molecule is c1csc(CN2CC[C@@]3(C2)Cn2c(-c4ccsc4)cnc2CO3)c1. The van der Waals surface area contributed by atoms with E-state index in [0.717, 1.165) is 38.4 Å². The van der Waals surface area contributed by atoms with Gasteiger partial charge in [0.15, 0.2) is 0 Å². The van der Waals surface area contributed by atoms with Gasteiger partial charge in [0.2, 0.25) is 0 Å². The van der Waals surface area contributed by atoms with Crippen molar-refractivity contribution >= 4 is 22.7 Å². The summed E-state index contributed by atoms with van der Waals surface area (Å²) in [7, 11) is 0. The summed E-state index contributed by atoms with van der Waals surface area (Å²) >= 11 is 3.57. The van der Waals surface area contributed by atoms with E-state index in [2.05, 4.69) is 48.8 Å². The Kier molecular flexibility index (Phi) is 3.59. The van der Waals surface area contributed by atoms with Crippen LogP contribution in [0.3, 0.4) is 0 Å². The van der Waals surface area contributed by atoms with Crippen molar-refractivity contribution in [2.75, 3.05) is 13.1 Å². The van der Waals surface area contributed by atoms with Gasteiger partial charge < -0.3 is 9.30 Å². The zero-order valence-corrected chi connectivity index (χ0v) is 15.0. The van der Waals surface area contributed by atoms with E-state index in [4.69, 9.17) is 4.74 Å². The lowest BCUT2D eigenvalue weighted by atomic mass is 10.0. The highest BCUT2D eigenvalue weighted by molar-refractivity contribution is 7.09. The van der Waals surface area contributed by atoms with Gasteiger partial charge in [-0.05, 0) is 29.3 Å². The van der Waals surface area contributed by atoms with Gasteiger partial charge in [-0.3, -0.25) is 4.90 Å². The van der Waals surface area contributed by atoms with Crippen LogP contribution >= 0.6 is 22.7 Å². The van der Waals surface area contributed by atoms with Crippen LogP contribution in [0, 0.1) is 0 Å². The Labute approximate surface area is 149 Å². The molecule has 1 fully saturated rings. The third-order valence-corrected chi connectivity index (χ3v) is 6.61. The minimum Gasteiger partial charge on any atom is -0.364 e. The molecule has 6 heteroatoms. The zero-order chi connectivity index (χ0) is 16.0. The first-order valence-corrected chi connectivity index (χ1v) is 10.1. The van der Waals surface area contributed by atoms with Crippen molar-refractivity contribution < 1.29 is 4.74 Å². The first-order valence-electron chi connectivity index (χ1n) is 8.27. The quantitative estimate of drug-likeness (QED) is 0.713. The number of rotatable bonds is 3. The predicted molar refractivity (Wildman–Crippen MR) is 97.3 cm³/mol. The highest BCUT2D eigenvalue weighted by Crippen LogP contribution is 2.36. The van der Waals surface area contributed by atoms with E-state index in [0.29, 0.717) is 6.61 Å². The number of hydrogen-bond acceptors (Lipinski definition) is 5. The molecule has 2 aliphatic rings. The van der Waals surface area contributed by atoms with Gasteiger partial charge in [-0.1, -0.05) is 6.07 Å². The van der Waals surface area contributed by atoms with Gasteiger partial charge in [0.05, 0.1) is 18.4 Å². The average Bonchev–Trinajstić information content (AvgIpc) is 3.35. The summed E-state index contributed by atoms with van der Waals surface area (Å²) in [5, 5.41) is 6.48. The topological polar surface area (TPSA) is 30.3 Å². The van der Waals surface area contributed by atoms with Crippen LogP contribution in [0.1, 0.15) is 17.1 Å². The standard InChI is InChI=1S/C18H19N3OS2/c1-2-15(24-6-1)9-20-5-4-18(12-20)13-21-16(14-3-7-23-11-14)8-19-17(21)10-22-18/h1-3,6-8,11H,4-5,9-10,12-13H2/t18-/m1/s1. The van der Waals surface area contributed by atoms with Crippen molar-refractivity contribution in [1.29, 1.82) is 0 Å². The Hall–Kier alpha value is -1.47. The Bertz CT molecular complexity index is 825. The number of thiophene rings is 2. The van der Waals surface area contributed by atoms with Crippen molar-refractivity contribution in [2.24, 2.45) is 0 Å². The minimum atomic E-state index is -0.0598. The molecule has 0 N–H and O–H groups in total. The molecule has 0 bridgehead atoms. The molecule has 0 amide bonds. The molecule has 4 nitrogen and oxygen atoms in total. The number of likely N-dealkylation sites (tertiary alicyclic amines) is 1. The summed E-state index contributed by atoms with van der Waals surface area (Å²) in [4.78, 5) is 8.54. The lowest BCUT2D eigenvalue weighted by Gasteiger charge is -2.35. The Morgan fingerprint density at radius 2 is 2.25 bits per heavy atom. The highest BCUT2D eigenvalue weighted by Gasteiger charge is 2.43. The average molecular weight is 358 g/mol. The maximum Gasteiger partial charge on any atom is 0.135 e. The number of ether oxygens (including phenoxy) is 1. The monoisotopic (exact) mass is 357 g/mol. The molecule has 0 radical (unpaired) electrons. The second-order valence-corrected chi connectivity index (χ2v) is 8.48. The summed E-state index contributed by atoms with van der Waals surface area (Å²) in [5.74, 6) is 1.05. The fourth-order valence-corrected chi connectivity index (χ4v) is 5.23. The summed E-state index contributed by atoms with van der Waals surface area (Å²) < 4.78 is 8.69. The van der Waals surface area contributed by atoms with E-state index in [1.54, 1.807) is 11.3 Å². The van der Waals surface area contributed by atoms with E-state index in [1.165, 1.54) is 16.1 Å². The number of nitrogens with zero attached hydrogens (tertiary/aromatic N) is 3. The van der Waals surface area contributed by atoms with Gasteiger partial charge in [0.25, 0.3) is 0 Å². The normalized spacial score (nSPS) is 23.8. The van der Waals surface area contributed by atoms with Gasteiger partial charge >= 0.3 is 0 Å². The lowest BCUT2D eigenvalue weighted by molar-refractivity contribution is -0.0821. The number of imidazole rings is 1. The van der Waals surface area contributed by atoms with Crippen LogP contribution in [0.15, 0.2) is 40.5 Å². The van der Waals surface area contributed by atoms with Gasteiger partial charge in [-0.25, -0.2) is 4.98 Å². The molecular formula is C18H19N3OS2. The molecule has 5 rings (SSSR count). The molecule has 5 heterocycles. The molecule has 3 aromatic rings. The Balaban J connectivity index is 1.38. The molecule has 24 heavy (non-hydrogen) atoms. The van der Waals surface area contributed by atoms with Crippen LogP contribution in [-0.2, 0) is 24.4 Å². The van der Waals surface area contributed by atoms with Crippen molar-refractivity contribution in [2.45, 2.75) is 31.7 Å². The summed E-state index contributed by atoms with van der Waals surface area (Å²) in [5.41, 5.74) is 2.44. The van der Waals surface area contributed by atoms with Crippen molar-refractivity contribution in [3.8, 4) is 11.3 Å². The first-order chi connectivity index (χ1) is 11.8. The molecule has 0 aromatic carbocycles. The lowest BCUT2D eigenvalue weighted by Crippen LogP contribution is -2.44. The van der Waals surface area contributed by atoms with Crippen LogP contribution in [0.4, 0.5) is 0 Å². The van der Waals surface area contributed by atoms with Gasteiger partial charge in [0, 0.05) is 35.5 Å². The molecular weight excluding hydrogens is 338 g/mol. The van der Waals surface area contributed by atoms with E-state index >= 15 is 0 Å². The highest BCUT2D eigenvalue weighted by atomic mass is 32.1. The molecule has 1 atom stereocenters. The van der Waals surface area contributed by atoms with Crippen LogP contribution in [0.2, 0.25) is 0 Å². The van der Waals surface area contributed by atoms with Crippen LogP contribution < -0.4 is 0 Å². The summed E-state index contributed by atoms with van der Waals surface area (Å²) in [6.45, 7) is 4.68. The van der Waals surface area contributed by atoms with E-state index in [9.17, 15) is 0 Å². The van der Waals surface area contributed by atoms with E-state index in [1.807, 2.05) is 17.5 Å². The number of aromatic nitrogens is 2. The Morgan fingerprint density at radius 1 is 1.25 bits per heavy atom. The largest absolute Gasteiger partial charge is 0.364 e. The molecule has 2 aliphatic heterocycles. The third-order valence-electron chi connectivity index (χ3n) is 5.06. The van der Waals surface area contributed by atoms with Crippen LogP contribution in [-0.4, -0.2) is 33.1 Å². The van der Waals surface area contributed by atoms with Gasteiger partial charge in [-0.15, -0.1) is 11.3 Å². The molecule has 1 saturated heterocycles. The number of hydrogen-bond donors (Lipinski definition) is 0. The Morgan fingerprint density at radius 3 is 3.08 bits per heavy atom. The van der Waals surface area contributed by atoms with E-state index < -0.39 is 0 Å². The van der Waals surface area contributed by atoms with Gasteiger partial charge in [0.1, 0.15) is 18.0 Å². The number of fused-ring (bicyclic) bond motifs is 1. The molecule has 1 spiro atoms.